The van der Waals surface area contributed by atoms with E-state index in [1.807, 2.05) is 12.1 Å². The maximum Gasteiger partial charge on any atom is 0.0438 e. The first-order valence-corrected chi connectivity index (χ1v) is 8.62. The smallest absolute Gasteiger partial charge is 0.0438 e. The Balaban J connectivity index is 2.41. The fourth-order valence-electron chi connectivity index (χ4n) is 2.55. The van der Waals surface area contributed by atoms with Gasteiger partial charge in [-0.05, 0) is 37.4 Å². The summed E-state index contributed by atoms with van der Waals surface area (Å²) in [6.07, 6.45) is 10.3. The zero-order chi connectivity index (χ0) is 14.6. The fourth-order valence-corrected chi connectivity index (χ4v) is 2.76. The van der Waals surface area contributed by atoms with E-state index in [9.17, 15) is 0 Å². The fraction of sp³-hybridized carbons (Fsp3) is 0.667. The summed E-state index contributed by atoms with van der Waals surface area (Å²) in [5, 5.41) is 4.58. The van der Waals surface area contributed by atoms with E-state index in [4.69, 9.17) is 11.6 Å². The van der Waals surface area contributed by atoms with Crippen LogP contribution >= 0.6 is 11.6 Å². The molecule has 0 amide bonds. The second kappa shape index (κ2) is 11.2. The Morgan fingerprint density at radius 2 is 1.75 bits per heavy atom. The van der Waals surface area contributed by atoms with Gasteiger partial charge in [0.25, 0.3) is 0 Å². The molecule has 1 aromatic rings. The van der Waals surface area contributed by atoms with Crippen molar-refractivity contribution in [2.24, 2.45) is 0 Å². The highest BCUT2D eigenvalue weighted by Gasteiger charge is 2.10. The monoisotopic (exact) mass is 295 g/mol. The zero-order valence-corrected chi connectivity index (χ0v) is 13.9. The Morgan fingerprint density at radius 1 is 1.00 bits per heavy atom. The number of benzene rings is 1. The van der Waals surface area contributed by atoms with Gasteiger partial charge >= 0.3 is 0 Å². The first kappa shape index (κ1) is 17.5. The van der Waals surface area contributed by atoms with E-state index >= 15 is 0 Å². The van der Waals surface area contributed by atoms with Crippen molar-refractivity contribution >= 4 is 11.6 Å². The summed E-state index contributed by atoms with van der Waals surface area (Å²) in [6, 6.07) is 8.80. The molecule has 0 aliphatic carbocycles. The molecule has 0 spiro atoms. The molecule has 0 fully saturated rings. The first-order valence-electron chi connectivity index (χ1n) is 8.24. The molecule has 1 aromatic carbocycles. The Kier molecular flexibility index (Phi) is 9.78. The molecule has 1 rings (SSSR count). The topological polar surface area (TPSA) is 12.0 Å². The van der Waals surface area contributed by atoms with Crippen molar-refractivity contribution in [1.82, 2.24) is 5.32 Å². The van der Waals surface area contributed by atoms with Crippen LogP contribution in [0.25, 0.3) is 0 Å². The van der Waals surface area contributed by atoms with Gasteiger partial charge in [-0.3, -0.25) is 0 Å². The Morgan fingerprint density at radius 3 is 2.45 bits per heavy atom. The van der Waals surface area contributed by atoms with Crippen LogP contribution in [0.2, 0.25) is 5.02 Å². The third-order valence-corrected chi connectivity index (χ3v) is 4.13. The Labute approximate surface area is 130 Å². The number of unbranched alkanes of at least 4 members (excludes halogenated alkanes) is 4. The van der Waals surface area contributed by atoms with Gasteiger partial charge in [-0.1, -0.05) is 75.8 Å². The van der Waals surface area contributed by atoms with Crippen LogP contribution in [0.15, 0.2) is 24.3 Å². The van der Waals surface area contributed by atoms with Crippen molar-refractivity contribution in [3.63, 3.8) is 0 Å². The molecule has 20 heavy (non-hydrogen) atoms. The maximum absolute atomic E-state index is 6.28. The van der Waals surface area contributed by atoms with E-state index in [2.05, 4.69) is 31.3 Å². The predicted molar refractivity (Wildman–Crippen MR) is 90.6 cm³/mol. The maximum atomic E-state index is 6.28. The molecule has 0 aliphatic heterocycles. The molecule has 0 aliphatic rings. The van der Waals surface area contributed by atoms with Gasteiger partial charge < -0.3 is 5.32 Å². The van der Waals surface area contributed by atoms with Crippen molar-refractivity contribution in [3.05, 3.63) is 34.9 Å². The van der Waals surface area contributed by atoms with E-state index in [-0.39, 0.29) is 0 Å². The molecule has 1 atom stereocenters. The molecule has 0 aromatic heterocycles. The van der Waals surface area contributed by atoms with Crippen LogP contribution in [0.5, 0.6) is 0 Å². The van der Waals surface area contributed by atoms with Crippen molar-refractivity contribution < 1.29 is 0 Å². The lowest BCUT2D eigenvalue weighted by molar-refractivity contribution is 0.451. The van der Waals surface area contributed by atoms with Gasteiger partial charge in [-0.15, -0.1) is 0 Å². The summed E-state index contributed by atoms with van der Waals surface area (Å²) in [4.78, 5) is 0. The Hall–Kier alpha value is -0.530. The highest BCUT2D eigenvalue weighted by molar-refractivity contribution is 6.31. The van der Waals surface area contributed by atoms with E-state index in [1.54, 1.807) is 0 Å². The average Bonchev–Trinajstić information content (AvgIpc) is 2.46. The summed E-state index contributed by atoms with van der Waals surface area (Å²) in [5.74, 6) is 0. The molecule has 1 unspecified atom stereocenters. The highest BCUT2D eigenvalue weighted by Crippen LogP contribution is 2.19. The number of hydrogen-bond donors (Lipinski definition) is 1. The zero-order valence-electron chi connectivity index (χ0n) is 13.1. The van der Waals surface area contributed by atoms with Gasteiger partial charge in [-0.2, -0.15) is 0 Å². The minimum atomic E-state index is 0.566. The SMILES string of the molecule is CCCCCCCC(Cc1ccccc1Cl)NCCC. The summed E-state index contributed by atoms with van der Waals surface area (Å²) >= 11 is 6.28. The van der Waals surface area contributed by atoms with Crippen LogP contribution < -0.4 is 5.32 Å². The van der Waals surface area contributed by atoms with Crippen LogP contribution in [-0.4, -0.2) is 12.6 Å². The second-order valence-electron chi connectivity index (χ2n) is 5.65. The van der Waals surface area contributed by atoms with E-state index in [0.29, 0.717) is 6.04 Å². The molecule has 2 heteroatoms. The summed E-state index contributed by atoms with van der Waals surface area (Å²) in [5.41, 5.74) is 1.27. The molecular formula is C18H30ClN. The van der Waals surface area contributed by atoms with Crippen molar-refractivity contribution in [1.29, 1.82) is 0 Å². The molecule has 0 radical (unpaired) electrons. The summed E-state index contributed by atoms with van der Waals surface area (Å²) < 4.78 is 0. The van der Waals surface area contributed by atoms with Crippen LogP contribution in [0, 0.1) is 0 Å². The predicted octanol–water partition coefficient (Wildman–Crippen LogP) is 5.61. The molecule has 0 saturated heterocycles. The third-order valence-electron chi connectivity index (χ3n) is 3.76. The third kappa shape index (κ3) is 7.31. The molecule has 0 saturated carbocycles. The van der Waals surface area contributed by atoms with Gasteiger partial charge in [0.15, 0.2) is 0 Å². The first-order chi connectivity index (χ1) is 9.77. The van der Waals surface area contributed by atoms with E-state index in [1.165, 1.54) is 50.5 Å². The standard InChI is InChI=1S/C18H30ClN/c1-3-5-6-7-8-12-17(20-14-4-2)15-16-11-9-10-13-18(16)19/h9-11,13,17,20H,3-8,12,14-15H2,1-2H3. The lowest BCUT2D eigenvalue weighted by Crippen LogP contribution is -2.31. The van der Waals surface area contributed by atoms with Crippen LogP contribution in [0.1, 0.15) is 64.4 Å². The molecule has 114 valence electrons. The van der Waals surface area contributed by atoms with Gasteiger partial charge in [0, 0.05) is 11.1 Å². The average molecular weight is 296 g/mol. The normalized spacial score (nSPS) is 12.6. The number of nitrogens with one attached hydrogen (secondary N) is 1. The molecule has 1 nitrogen and oxygen atoms in total. The molecule has 0 heterocycles. The second-order valence-corrected chi connectivity index (χ2v) is 6.06. The minimum absolute atomic E-state index is 0.566. The molecular weight excluding hydrogens is 266 g/mol. The van der Waals surface area contributed by atoms with Crippen molar-refractivity contribution in [3.8, 4) is 0 Å². The number of halogens is 1. The van der Waals surface area contributed by atoms with Crippen molar-refractivity contribution in [2.75, 3.05) is 6.54 Å². The number of rotatable bonds is 11. The van der Waals surface area contributed by atoms with Gasteiger partial charge in [0.1, 0.15) is 0 Å². The van der Waals surface area contributed by atoms with Gasteiger partial charge in [-0.25, -0.2) is 0 Å². The molecule has 0 bridgehead atoms. The Bertz CT molecular complexity index is 351. The lowest BCUT2D eigenvalue weighted by atomic mass is 9.99. The van der Waals surface area contributed by atoms with E-state index in [0.717, 1.165) is 18.0 Å². The highest BCUT2D eigenvalue weighted by atomic mass is 35.5. The van der Waals surface area contributed by atoms with E-state index < -0.39 is 0 Å². The quantitative estimate of drug-likeness (QED) is 0.523. The summed E-state index contributed by atoms with van der Waals surface area (Å²) in [6.45, 7) is 5.59. The van der Waals surface area contributed by atoms with Crippen molar-refractivity contribution in [2.45, 2.75) is 71.3 Å². The minimum Gasteiger partial charge on any atom is -0.314 e. The number of hydrogen-bond acceptors (Lipinski definition) is 1. The summed E-state index contributed by atoms with van der Waals surface area (Å²) in [7, 11) is 0. The van der Waals surface area contributed by atoms with Crippen LogP contribution in [0.4, 0.5) is 0 Å². The van der Waals surface area contributed by atoms with Crippen LogP contribution in [0.3, 0.4) is 0 Å². The lowest BCUT2D eigenvalue weighted by Gasteiger charge is -2.19. The van der Waals surface area contributed by atoms with Crippen LogP contribution in [-0.2, 0) is 6.42 Å². The van der Waals surface area contributed by atoms with Gasteiger partial charge in [0.2, 0.25) is 0 Å². The largest absolute Gasteiger partial charge is 0.314 e. The molecule has 1 N–H and O–H groups in total. The van der Waals surface area contributed by atoms with Gasteiger partial charge in [0.05, 0.1) is 0 Å².